The summed E-state index contributed by atoms with van der Waals surface area (Å²) in [6.07, 6.45) is 6.20. The van der Waals surface area contributed by atoms with Crippen molar-refractivity contribution in [3.05, 3.63) is 18.7 Å². The molecular formula is C14H23N7. The maximum Gasteiger partial charge on any atom is 0.241 e. The number of nitrogens with one attached hydrogen (secondary N) is 2. The Morgan fingerprint density at radius 2 is 1.81 bits per heavy atom. The Labute approximate surface area is 125 Å². The van der Waals surface area contributed by atoms with E-state index in [9.17, 15) is 0 Å². The van der Waals surface area contributed by atoms with Crippen molar-refractivity contribution in [3.63, 3.8) is 0 Å². The molecule has 0 aliphatic carbocycles. The molecule has 0 atom stereocenters. The predicted molar refractivity (Wildman–Crippen MR) is 83.7 cm³/mol. The van der Waals surface area contributed by atoms with Gasteiger partial charge in [-0.15, -0.1) is 0 Å². The first-order valence-electron chi connectivity index (χ1n) is 7.20. The fourth-order valence-corrected chi connectivity index (χ4v) is 1.60. The summed E-state index contributed by atoms with van der Waals surface area (Å²) >= 11 is 0. The van der Waals surface area contributed by atoms with E-state index in [-0.39, 0.29) is 5.41 Å². The first-order chi connectivity index (χ1) is 9.98. The summed E-state index contributed by atoms with van der Waals surface area (Å²) in [4.78, 5) is 17.3. The Bertz CT molecular complexity index is 557. The minimum Gasteiger partial charge on any atom is -0.354 e. The number of anilines is 2. The van der Waals surface area contributed by atoms with Gasteiger partial charge in [0.15, 0.2) is 0 Å². The first-order valence-corrected chi connectivity index (χ1v) is 7.20. The van der Waals surface area contributed by atoms with Gasteiger partial charge in [-0.25, -0.2) is 4.98 Å². The predicted octanol–water partition coefficient (Wildman–Crippen LogP) is 2.34. The van der Waals surface area contributed by atoms with Crippen LogP contribution in [0.4, 0.5) is 11.9 Å². The third kappa shape index (κ3) is 4.70. The molecule has 0 aliphatic heterocycles. The van der Waals surface area contributed by atoms with Crippen molar-refractivity contribution in [2.75, 3.05) is 23.7 Å². The minimum atomic E-state index is 0.152. The summed E-state index contributed by atoms with van der Waals surface area (Å²) in [5.74, 6) is 1.70. The van der Waals surface area contributed by atoms with Crippen LogP contribution in [0.3, 0.4) is 0 Å². The normalized spacial score (nSPS) is 11.4. The summed E-state index contributed by atoms with van der Waals surface area (Å²) in [6.45, 7) is 10.2. The highest BCUT2D eigenvalue weighted by Crippen LogP contribution is 2.15. The van der Waals surface area contributed by atoms with Gasteiger partial charge in [0, 0.05) is 25.5 Å². The molecule has 0 amide bonds. The fourth-order valence-electron chi connectivity index (χ4n) is 1.60. The molecule has 0 radical (unpaired) electrons. The van der Waals surface area contributed by atoms with E-state index in [0.29, 0.717) is 17.8 Å². The van der Waals surface area contributed by atoms with E-state index >= 15 is 0 Å². The van der Waals surface area contributed by atoms with E-state index in [1.165, 1.54) is 0 Å². The molecule has 21 heavy (non-hydrogen) atoms. The molecule has 0 bridgehead atoms. The molecule has 7 heteroatoms. The van der Waals surface area contributed by atoms with E-state index in [1.807, 2.05) is 6.20 Å². The molecule has 2 rings (SSSR count). The van der Waals surface area contributed by atoms with Crippen molar-refractivity contribution >= 4 is 11.9 Å². The average molecular weight is 289 g/mol. The summed E-state index contributed by atoms with van der Waals surface area (Å²) in [5.41, 5.74) is 0.152. The van der Waals surface area contributed by atoms with Gasteiger partial charge in [-0.1, -0.05) is 27.7 Å². The lowest BCUT2D eigenvalue weighted by Crippen LogP contribution is -2.21. The van der Waals surface area contributed by atoms with Crippen LogP contribution in [0, 0.1) is 5.41 Å². The Hall–Kier alpha value is -2.18. The molecule has 7 nitrogen and oxygen atoms in total. The lowest BCUT2D eigenvalue weighted by Gasteiger charge is -2.19. The molecule has 2 aromatic heterocycles. The third-order valence-corrected chi connectivity index (χ3v) is 2.67. The van der Waals surface area contributed by atoms with Gasteiger partial charge in [-0.3, -0.25) is 4.57 Å². The highest BCUT2D eigenvalue weighted by molar-refractivity contribution is 5.38. The van der Waals surface area contributed by atoms with Crippen molar-refractivity contribution in [3.8, 4) is 5.95 Å². The molecule has 2 aromatic rings. The van der Waals surface area contributed by atoms with Crippen LogP contribution in [0.15, 0.2) is 18.7 Å². The van der Waals surface area contributed by atoms with Gasteiger partial charge in [0.2, 0.25) is 17.8 Å². The number of nitrogens with zero attached hydrogens (tertiary/aromatic N) is 5. The molecular weight excluding hydrogens is 266 g/mol. The van der Waals surface area contributed by atoms with Gasteiger partial charge in [0.05, 0.1) is 0 Å². The van der Waals surface area contributed by atoms with E-state index in [0.717, 1.165) is 19.5 Å². The number of aromatic nitrogens is 5. The SMILES string of the molecule is CCCNc1nc(NCC(C)(C)C)nc(-n2ccnc2)n1. The molecule has 0 aromatic carbocycles. The van der Waals surface area contributed by atoms with Crippen LogP contribution < -0.4 is 10.6 Å². The highest BCUT2D eigenvalue weighted by Gasteiger charge is 2.12. The molecule has 114 valence electrons. The van der Waals surface area contributed by atoms with E-state index in [4.69, 9.17) is 0 Å². The van der Waals surface area contributed by atoms with Crippen molar-refractivity contribution < 1.29 is 0 Å². The Balaban J connectivity index is 2.24. The quantitative estimate of drug-likeness (QED) is 0.849. The van der Waals surface area contributed by atoms with Crippen LogP contribution >= 0.6 is 0 Å². The lowest BCUT2D eigenvalue weighted by molar-refractivity contribution is 0.441. The third-order valence-electron chi connectivity index (χ3n) is 2.67. The summed E-state index contributed by atoms with van der Waals surface area (Å²) in [5, 5.41) is 6.47. The van der Waals surface area contributed by atoms with Crippen LogP contribution in [-0.4, -0.2) is 37.6 Å². The fraction of sp³-hybridized carbons (Fsp3) is 0.571. The van der Waals surface area contributed by atoms with Crippen molar-refractivity contribution in [1.29, 1.82) is 0 Å². The van der Waals surface area contributed by atoms with Gasteiger partial charge < -0.3 is 10.6 Å². The van der Waals surface area contributed by atoms with Crippen LogP contribution in [0.1, 0.15) is 34.1 Å². The summed E-state index contributed by atoms with van der Waals surface area (Å²) < 4.78 is 1.76. The molecule has 0 unspecified atom stereocenters. The summed E-state index contributed by atoms with van der Waals surface area (Å²) in [7, 11) is 0. The second-order valence-corrected chi connectivity index (χ2v) is 6.09. The van der Waals surface area contributed by atoms with Crippen molar-refractivity contribution in [2.45, 2.75) is 34.1 Å². The second-order valence-electron chi connectivity index (χ2n) is 6.09. The molecule has 0 saturated heterocycles. The van der Waals surface area contributed by atoms with Crippen LogP contribution in [-0.2, 0) is 0 Å². The molecule has 2 N–H and O–H groups in total. The Morgan fingerprint density at radius 3 is 2.38 bits per heavy atom. The zero-order chi connectivity index (χ0) is 15.3. The number of rotatable bonds is 6. The first kappa shape index (κ1) is 15.2. The maximum absolute atomic E-state index is 4.44. The van der Waals surface area contributed by atoms with E-state index < -0.39 is 0 Å². The number of hydrogen-bond acceptors (Lipinski definition) is 6. The molecule has 0 saturated carbocycles. The maximum atomic E-state index is 4.44. The van der Waals surface area contributed by atoms with Gasteiger partial charge in [0.25, 0.3) is 0 Å². The number of hydrogen-bond donors (Lipinski definition) is 2. The van der Waals surface area contributed by atoms with Gasteiger partial charge >= 0.3 is 0 Å². The zero-order valence-corrected chi connectivity index (χ0v) is 13.1. The van der Waals surface area contributed by atoms with Gasteiger partial charge in [-0.05, 0) is 11.8 Å². The Morgan fingerprint density at radius 1 is 1.10 bits per heavy atom. The van der Waals surface area contributed by atoms with Gasteiger partial charge in [-0.2, -0.15) is 15.0 Å². The average Bonchev–Trinajstić information content (AvgIpc) is 2.96. The van der Waals surface area contributed by atoms with Crippen LogP contribution in [0.5, 0.6) is 0 Å². The standard InChI is InChI=1S/C14H23N7/c1-5-6-16-11-18-12(17-9-14(2,3)4)20-13(19-11)21-8-7-15-10-21/h7-8,10H,5-6,9H2,1-4H3,(H2,16,17,18,19,20). The smallest absolute Gasteiger partial charge is 0.241 e. The monoisotopic (exact) mass is 289 g/mol. The van der Waals surface area contributed by atoms with Crippen molar-refractivity contribution in [2.24, 2.45) is 5.41 Å². The topological polar surface area (TPSA) is 80.5 Å². The lowest BCUT2D eigenvalue weighted by atomic mass is 9.97. The molecule has 2 heterocycles. The minimum absolute atomic E-state index is 0.152. The largest absolute Gasteiger partial charge is 0.354 e. The molecule has 0 spiro atoms. The zero-order valence-electron chi connectivity index (χ0n) is 13.1. The second kappa shape index (κ2) is 6.51. The van der Waals surface area contributed by atoms with Crippen LogP contribution in [0.25, 0.3) is 5.95 Å². The highest BCUT2D eigenvalue weighted by atomic mass is 15.3. The molecule has 0 aliphatic rings. The van der Waals surface area contributed by atoms with E-state index in [1.54, 1.807) is 17.1 Å². The van der Waals surface area contributed by atoms with Crippen molar-refractivity contribution in [1.82, 2.24) is 24.5 Å². The van der Waals surface area contributed by atoms with Crippen LogP contribution in [0.2, 0.25) is 0 Å². The Kier molecular flexibility index (Phi) is 4.72. The molecule has 0 fully saturated rings. The number of imidazole rings is 1. The summed E-state index contributed by atoms with van der Waals surface area (Å²) in [6, 6.07) is 0. The van der Waals surface area contributed by atoms with E-state index in [2.05, 4.69) is 58.3 Å². The van der Waals surface area contributed by atoms with Gasteiger partial charge in [0.1, 0.15) is 6.33 Å².